The quantitative estimate of drug-likeness (QED) is 0.842. The molecule has 2 amide bonds. The molecule has 2 atom stereocenters. The predicted octanol–water partition coefficient (Wildman–Crippen LogP) is 1.92. The lowest BCUT2D eigenvalue weighted by molar-refractivity contribution is -0.143. The van der Waals surface area contributed by atoms with Crippen molar-refractivity contribution in [1.82, 2.24) is 19.4 Å². The van der Waals surface area contributed by atoms with Gasteiger partial charge in [0.05, 0.1) is 5.92 Å². The van der Waals surface area contributed by atoms with Gasteiger partial charge in [0.1, 0.15) is 17.7 Å². The van der Waals surface area contributed by atoms with Gasteiger partial charge in [-0.3, -0.25) is 14.5 Å². The molecule has 2 aliphatic rings. The number of aryl methyl sites for hydroxylation is 1. The first-order chi connectivity index (χ1) is 12.6. The molecule has 1 saturated carbocycles. The zero-order valence-electron chi connectivity index (χ0n) is 15.1. The smallest absolute Gasteiger partial charge is 0.233 e. The van der Waals surface area contributed by atoms with Crippen LogP contribution in [0.2, 0.25) is 0 Å². The molecule has 0 spiro atoms. The van der Waals surface area contributed by atoms with E-state index in [1.807, 2.05) is 40.9 Å². The maximum absolute atomic E-state index is 13.3. The summed E-state index contributed by atoms with van der Waals surface area (Å²) in [6.07, 6.45) is 8.22. The second kappa shape index (κ2) is 6.55. The molecule has 136 valence electrons. The first-order valence-corrected chi connectivity index (χ1v) is 9.05. The summed E-state index contributed by atoms with van der Waals surface area (Å²) in [5.74, 6) is 1.19. The van der Waals surface area contributed by atoms with E-state index in [1.54, 1.807) is 24.3 Å². The Morgan fingerprint density at radius 3 is 2.62 bits per heavy atom. The second-order valence-electron chi connectivity index (χ2n) is 7.10. The molecule has 1 aliphatic carbocycles. The molecule has 4 rings (SSSR count). The summed E-state index contributed by atoms with van der Waals surface area (Å²) in [6, 6.07) is 5.43. The molecular formula is C19H23N5O2. The van der Waals surface area contributed by atoms with Crippen LogP contribution < -0.4 is 4.90 Å². The molecule has 0 radical (unpaired) electrons. The Kier molecular flexibility index (Phi) is 4.22. The third kappa shape index (κ3) is 2.87. The zero-order chi connectivity index (χ0) is 18.3. The maximum Gasteiger partial charge on any atom is 0.233 e. The van der Waals surface area contributed by atoms with Crippen LogP contribution in [0.1, 0.15) is 37.5 Å². The van der Waals surface area contributed by atoms with E-state index in [2.05, 4.69) is 9.97 Å². The third-order valence-corrected chi connectivity index (χ3v) is 5.34. The van der Waals surface area contributed by atoms with Gasteiger partial charge in [-0.2, -0.15) is 0 Å². The summed E-state index contributed by atoms with van der Waals surface area (Å²) in [5.41, 5.74) is 0. The van der Waals surface area contributed by atoms with E-state index in [9.17, 15) is 9.59 Å². The van der Waals surface area contributed by atoms with E-state index >= 15 is 0 Å². The number of amides is 2. The summed E-state index contributed by atoms with van der Waals surface area (Å²) in [5, 5.41) is 0. The largest absolute Gasteiger partial charge is 0.336 e. The fourth-order valence-corrected chi connectivity index (χ4v) is 3.84. The standard InChI is InChI=1S/C19H23N5O2/c1-22-12-11-21-18(22)17-14(8-9-16(25)24(17)13-6-7-13)19(26)23(2)15-5-3-4-10-20-15/h3-5,10-14,17H,6-9H2,1-2H3/t14-,17-/m0/s1. The van der Waals surface area contributed by atoms with Gasteiger partial charge < -0.3 is 9.47 Å². The highest BCUT2D eigenvalue weighted by molar-refractivity contribution is 5.95. The van der Waals surface area contributed by atoms with E-state index in [-0.39, 0.29) is 29.8 Å². The molecule has 0 bridgehead atoms. The normalized spacial score (nSPS) is 23.2. The fourth-order valence-electron chi connectivity index (χ4n) is 3.84. The third-order valence-electron chi connectivity index (χ3n) is 5.34. The molecular weight excluding hydrogens is 330 g/mol. The molecule has 2 aromatic heterocycles. The highest BCUT2D eigenvalue weighted by Crippen LogP contribution is 2.43. The highest BCUT2D eigenvalue weighted by atomic mass is 16.2. The Morgan fingerprint density at radius 1 is 1.19 bits per heavy atom. The van der Waals surface area contributed by atoms with E-state index in [4.69, 9.17) is 0 Å². The van der Waals surface area contributed by atoms with Crippen molar-refractivity contribution in [3.05, 3.63) is 42.6 Å². The van der Waals surface area contributed by atoms with E-state index in [1.165, 1.54) is 0 Å². The number of rotatable bonds is 4. The average Bonchev–Trinajstić information content (AvgIpc) is 3.41. The van der Waals surface area contributed by atoms with Crippen LogP contribution in [-0.2, 0) is 16.6 Å². The zero-order valence-corrected chi connectivity index (χ0v) is 15.1. The van der Waals surface area contributed by atoms with Gasteiger partial charge in [0.25, 0.3) is 0 Å². The topological polar surface area (TPSA) is 71.3 Å². The summed E-state index contributed by atoms with van der Waals surface area (Å²) in [6.45, 7) is 0. The Morgan fingerprint density at radius 2 is 2.00 bits per heavy atom. The number of aromatic nitrogens is 3. The SMILES string of the molecule is CN(C(=O)[C@H]1CCC(=O)N(C2CC2)[C@@H]1c1nccn1C)c1ccccn1. The van der Waals surface area contributed by atoms with Gasteiger partial charge in [0.15, 0.2) is 0 Å². The number of piperidine rings is 1. The molecule has 1 saturated heterocycles. The van der Waals surface area contributed by atoms with Crippen LogP contribution in [0.25, 0.3) is 0 Å². The minimum Gasteiger partial charge on any atom is -0.336 e. The monoisotopic (exact) mass is 353 g/mol. The van der Waals surface area contributed by atoms with E-state index in [0.717, 1.165) is 18.7 Å². The van der Waals surface area contributed by atoms with Crippen molar-refractivity contribution in [2.24, 2.45) is 13.0 Å². The summed E-state index contributed by atoms with van der Waals surface area (Å²) < 4.78 is 1.92. The lowest BCUT2D eigenvalue weighted by Gasteiger charge is -2.41. The molecule has 0 N–H and O–H groups in total. The lowest BCUT2D eigenvalue weighted by atomic mass is 9.86. The number of hydrogen-bond donors (Lipinski definition) is 0. The molecule has 3 heterocycles. The number of carbonyl (C=O) groups excluding carboxylic acids is 2. The number of carbonyl (C=O) groups is 2. The maximum atomic E-state index is 13.3. The number of pyridine rings is 1. The highest BCUT2D eigenvalue weighted by Gasteiger charge is 2.48. The lowest BCUT2D eigenvalue weighted by Crippen LogP contribution is -2.50. The van der Waals surface area contributed by atoms with Gasteiger partial charge in [-0.05, 0) is 31.4 Å². The van der Waals surface area contributed by atoms with E-state index < -0.39 is 0 Å². The van der Waals surface area contributed by atoms with E-state index in [0.29, 0.717) is 18.7 Å². The molecule has 2 aromatic rings. The van der Waals surface area contributed by atoms with Crippen LogP contribution in [-0.4, -0.2) is 44.3 Å². The number of anilines is 1. The molecule has 26 heavy (non-hydrogen) atoms. The first-order valence-electron chi connectivity index (χ1n) is 9.05. The molecule has 0 aromatic carbocycles. The molecule has 2 fully saturated rings. The Bertz CT molecular complexity index is 814. The van der Waals surface area contributed by atoms with Gasteiger partial charge in [-0.25, -0.2) is 9.97 Å². The minimum absolute atomic E-state index is 0.0187. The van der Waals surface area contributed by atoms with Crippen molar-refractivity contribution < 1.29 is 9.59 Å². The molecule has 7 nitrogen and oxygen atoms in total. The average molecular weight is 353 g/mol. The van der Waals surface area contributed by atoms with Crippen LogP contribution in [0.3, 0.4) is 0 Å². The van der Waals surface area contributed by atoms with Crippen molar-refractivity contribution in [2.45, 2.75) is 37.8 Å². The van der Waals surface area contributed by atoms with Crippen LogP contribution in [0.4, 0.5) is 5.82 Å². The Hall–Kier alpha value is -2.70. The van der Waals surface area contributed by atoms with Gasteiger partial charge >= 0.3 is 0 Å². The number of hydrogen-bond acceptors (Lipinski definition) is 4. The van der Waals surface area contributed by atoms with Gasteiger partial charge in [-0.1, -0.05) is 6.07 Å². The molecule has 1 aliphatic heterocycles. The number of likely N-dealkylation sites (tertiary alicyclic amines) is 1. The Labute approximate surface area is 152 Å². The van der Waals surface area contributed by atoms with Gasteiger partial charge in [0.2, 0.25) is 11.8 Å². The van der Waals surface area contributed by atoms with Crippen LogP contribution in [0.5, 0.6) is 0 Å². The summed E-state index contributed by atoms with van der Waals surface area (Å²) in [7, 11) is 3.66. The predicted molar refractivity (Wildman–Crippen MR) is 96.2 cm³/mol. The summed E-state index contributed by atoms with van der Waals surface area (Å²) >= 11 is 0. The van der Waals surface area contributed by atoms with Crippen molar-refractivity contribution in [3.63, 3.8) is 0 Å². The van der Waals surface area contributed by atoms with Crippen molar-refractivity contribution in [3.8, 4) is 0 Å². The van der Waals surface area contributed by atoms with Gasteiger partial charge in [0, 0.05) is 45.1 Å². The van der Waals surface area contributed by atoms with Crippen LogP contribution in [0, 0.1) is 5.92 Å². The fraction of sp³-hybridized carbons (Fsp3) is 0.474. The van der Waals surface area contributed by atoms with Crippen molar-refractivity contribution in [2.75, 3.05) is 11.9 Å². The number of imidazole rings is 1. The molecule has 7 heteroatoms. The van der Waals surface area contributed by atoms with Crippen molar-refractivity contribution >= 4 is 17.6 Å². The van der Waals surface area contributed by atoms with Crippen molar-refractivity contribution in [1.29, 1.82) is 0 Å². The second-order valence-corrected chi connectivity index (χ2v) is 7.10. The summed E-state index contributed by atoms with van der Waals surface area (Å²) in [4.78, 5) is 38.3. The van der Waals surface area contributed by atoms with Gasteiger partial charge in [-0.15, -0.1) is 0 Å². The number of nitrogens with zero attached hydrogens (tertiary/aromatic N) is 5. The van der Waals surface area contributed by atoms with Crippen LogP contribution in [0.15, 0.2) is 36.8 Å². The minimum atomic E-state index is -0.318. The molecule has 0 unspecified atom stereocenters. The van der Waals surface area contributed by atoms with Crippen LogP contribution >= 0.6 is 0 Å². The first kappa shape index (κ1) is 16.8. The Balaban J connectivity index is 1.69.